The van der Waals surface area contributed by atoms with Crippen LogP contribution < -0.4 is 5.32 Å². The third kappa shape index (κ3) is 2.21. The minimum absolute atomic E-state index is 0.230. The van der Waals surface area contributed by atoms with Crippen molar-refractivity contribution in [3.8, 4) is 11.3 Å². The van der Waals surface area contributed by atoms with Crippen LogP contribution in [0.1, 0.15) is 11.1 Å². The van der Waals surface area contributed by atoms with E-state index in [9.17, 15) is 4.39 Å². The Hall–Kier alpha value is -2.13. The van der Waals surface area contributed by atoms with Gasteiger partial charge in [0.25, 0.3) is 0 Å². The van der Waals surface area contributed by atoms with Crippen molar-refractivity contribution in [2.45, 2.75) is 13.5 Å². The molecule has 3 rings (SSSR count). The van der Waals surface area contributed by atoms with Crippen molar-refractivity contribution in [3.63, 3.8) is 0 Å². The predicted octanol–water partition coefficient (Wildman–Crippen LogP) is 4.27. The summed E-state index contributed by atoms with van der Waals surface area (Å²) in [6.07, 6.45) is 0. The van der Waals surface area contributed by atoms with Gasteiger partial charge in [0.1, 0.15) is 17.2 Å². The number of aryl methyl sites for hydroxylation is 1. The van der Waals surface area contributed by atoms with Gasteiger partial charge >= 0.3 is 0 Å². The van der Waals surface area contributed by atoms with E-state index in [0.29, 0.717) is 6.54 Å². The molecule has 1 N–H and O–H groups in total. The SMILES string of the molecule is CNCc1cc(F)ccc1-c1cc2cccc(C)c2o1. The Labute approximate surface area is 117 Å². The van der Waals surface area contributed by atoms with Gasteiger partial charge < -0.3 is 9.73 Å². The molecule has 3 heteroatoms. The Morgan fingerprint density at radius 3 is 2.75 bits per heavy atom. The fourth-order valence-electron chi connectivity index (χ4n) is 2.48. The lowest BCUT2D eigenvalue weighted by atomic mass is 10.0. The smallest absolute Gasteiger partial charge is 0.137 e. The lowest BCUT2D eigenvalue weighted by molar-refractivity contribution is 0.617. The van der Waals surface area contributed by atoms with E-state index >= 15 is 0 Å². The van der Waals surface area contributed by atoms with Crippen molar-refractivity contribution in [1.82, 2.24) is 5.32 Å². The molecule has 20 heavy (non-hydrogen) atoms. The van der Waals surface area contributed by atoms with Crippen LogP contribution in [0.3, 0.4) is 0 Å². The average molecular weight is 269 g/mol. The van der Waals surface area contributed by atoms with Gasteiger partial charge in [0.15, 0.2) is 0 Å². The fourth-order valence-corrected chi connectivity index (χ4v) is 2.48. The molecule has 0 amide bonds. The van der Waals surface area contributed by atoms with E-state index in [0.717, 1.165) is 33.4 Å². The monoisotopic (exact) mass is 269 g/mol. The van der Waals surface area contributed by atoms with Crippen LogP contribution in [0.4, 0.5) is 4.39 Å². The second-order valence-corrected chi connectivity index (χ2v) is 4.94. The zero-order chi connectivity index (χ0) is 14.1. The first-order valence-electron chi connectivity index (χ1n) is 6.61. The number of benzene rings is 2. The van der Waals surface area contributed by atoms with E-state index in [1.165, 1.54) is 6.07 Å². The molecule has 0 aliphatic rings. The van der Waals surface area contributed by atoms with E-state index in [4.69, 9.17) is 4.42 Å². The molecule has 0 aliphatic carbocycles. The van der Waals surface area contributed by atoms with Crippen molar-refractivity contribution < 1.29 is 8.81 Å². The van der Waals surface area contributed by atoms with Crippen LogP contribution >= 0.6 is 0 Å². The van der Waals surface area contributed by atoms with Gasteiger partial charge in [-0.2, -0.15) is 0 Å². The van der Waals surface area contributed by atoms with Gasteiger partial charge in [0, 0.05) is 17.5 Å². The maximum absolute atomic E-state index is 13.4. The van der Waals surface area contributed by atoms with Crippen molar-refractivity contribution in [2.75, 3.05) is 7.05 Å². The molecule has 0 radical (unpaired) electrons. The molecule has 0 atom stereocenters. The number of fused-ring (bicyclic) bond motifs is 1. The minimum Gasteiger partial charge on any atom is -0.456 e. The van der Waals surface area contributed by atoms with Crippen LogP contribution in [-0.4, -0.2) is 7.05 Å². The van der Waals surface area contributed by atoms with Crippen LogP contribution in [0.25, 0.3) is 22.3 Å². The van der Waals surface area contributed by atoms with Gasteiger partial charge in [-0.3, -0.25) is 0 Å². The van der Waals surface area contributed by atoms with Crippen molar-refractivity contribution in [1.29, 1.82) is 0 Å². The summed E-state index contributed by atoms with van der Waals surface area (Å²) in [5.41, 5.74) is 3.81. The Bertz CT molecular complexity index is 761. The molecule has 2 nitrogen and oxygen atoms in total. The zero-order valence-electron chi connectivity index (χ0n) is 11.5. The third-order valence-electron chi connectivity index (χ3n) is 3.44. The van der Waals surface area contributed by atoms with Gasteiger partial charge in [-0.25, -0.2) is 4.39 Å². The van der Waals surface area contributed by atoms with E-state index in [-0.39, 0.29) is 5.82 Å². The highest BCUT2D eigenvalue weighted by molar-refractivity contribution is 5.85. The molecule has 0 unspecified atom stereocenters. The van der Waals surface area contributed by atoms with Crippen LogP contribution in [0.15, 0.2) is 46.9 Å². The van der Waals surface area contributed by atoms with Crippen molar-refractivity contribution >= 4 is 11.0 Å². The molecule has 0 bridgehead atoms. The summed E-state index contributed by atoms with van der Waals surface area (Å²) in [6.45, 7) is 2.62. The molecular weight excluding hydrogens is 253 g/mol. The molecule has 2 aromatic carbocycles. The topological polar surface area (TPSA) is 25.2 Å². The lowest BCUT2D eigenvalue weighted by Crippen LogP contribution is -2.06. The first-order valence-corrected chi connectivity index (χ1v) is 6.61. The summed E-state index contributed by atoms with van der Waals surface area (Å²) in [6, 6.07) is 12.9. The molecule has 0 saturated carbocycles. The zero-order valence-corrected chi connectivity index (χ0v) is 11.5. The van der Waals surface area contributed by atoms with Gasteiger partial charge in [-0.1, -0.05) is 18.2 Å². The number of nitrogens with one attached hydrogen (secondary N) is 1. The maximum Gasteiger partial charge on any atom is 0.137 e. The Balaban J connectivity index is 2.17. The van der Waals surface area contributed by atoms with E-state index in [1.807, 2.05) is 38.2 Å². The molecule has 1 heterocycles. The predicted molar refractivity (Wildman–Crippen MR) is 79.1 cm³/mol. The number of furan rings is 1. The Morgan fingerprint density at radius 2 is 2.00 bits per heavy atom. The van der Waals surface area contributed by atoms with Crippen molar-refractivity contribution in [2.24, 2.45) is 0 Å². The Morgan fingerprint density at radius 1 is 1.15 bits per heavy atom. The molecule has 1 aromatic heterocycles. The molecule has 0 fully saturated rings. The van der Waals surface area contributed by atoms with E-state index in [2.05, 4.69) is 5.32 Å². The summed E-state index contributed by atoms with van der Waals surface area (Å²) in [5, 5.41) is 4.13. The summed E-state index contributed by atoms with van der Waals surface area (Å²) in [4.78, 5) is 0. The number of para-hydroxylation sites is 1. The van der Waals surface area contributed by atoms with Gasteiger partial charge in [-0.05, 0) is 49.4 Å². The average Bonchev–Trinajstić information content (AvgIpc) is 2.84. The van der Waals surface area contributed by atoms with Gasteiger partial charge in [-0.15, -0.1) is 0 Å². The Kier molecular flexibility index (Phi) is 3.28. The first kappa shape index (κ1) is 12.9. The summed E-state index contributed by atoms with van der Waals surface area (Å²) < 4.78 is 19.4. The highest BCUT2D eigenvalue weighted by Crippen LogP contribution is 2.32. The second kappa shape index (κ2) is 5.10. The van der Waals surface area contributed by atoms with Crippen LogP contribution in [-0.2, 0) is 6.54 Å². The second-order valence-electron chi connectivity index (χ2n) is 4.94. The standard InChI is InChI=1S/C17H16FNO/c1-11-4-3-5-12-9-16(20-17(11)12)15-7-6-14(18)8-13(15)10-19-2/h3-9,19H,10H2,1-2H3. The van der Waals surface area contributed by atoms with Crippen LogP contribution in [0, 0.1) is 12.7 Å². The summed E-state index contributed by atoms with van der Waals surface area (Å²) in [5.74, 6) is 0.547. The number of hydrogen-bond acceptors (Lipinski definition) is 2. The third-order valence-corrected chi connectivity index (χ3v) is 3.44. The summed E-state index contributed by atoms with van der Waals surface area (Å²) in [7, 11) is 1.84. The highest BCUT2D eigenvalue weighted by Gasteiger charge is 2.12. The van der Waals surface area contributed by atoms with Gasteiger partial charge in [0.05, 0.1) is 0 Å². The minimum atomic E-state index is -0.230. The molecule has 0 aliphatic heterocycles. The fraction of sp³-hybridized carbons (Fsp3) is 0.176. The molecule has 102 valence electrons. The normalized spacial score (nSPS) is 11.2. The van der Waals surface area contributed by atoms with Gasteiger partial charge in [0.2, 0.25) is 0 Å². The van der Waals surface area contributed by atoms with E-state index < -0.39 is 0 Å². The molecular formula is C17H16FNO. The number of halogens is 1. The van der Waals surface area contributed by atoms with Crippen LogP contribution in [0.5, 0.6) is 0 Å². The molecule has 3 aromatic rings. The number of hydrogen-bond donors (Lipinski definition) is 1. The maximum atomic E-state index is 13.4. The van der Waals surface area contributed by atoms with Crippen LogP contribution in [0.2, 0.25) is 0 Å². The highest BCUT2D eigenvalue weighted by atomic mass is 19.1. The first-order chi connectivity index (χ1) is 9.69. The quantitative estimate of drug-likeness (QED) is 0.768. The van der Waals surface area contributed by atoms with Crippen molar-refractivity contribution in [3.05, 3.63) is 59.4 Å². The largest absolute Gasteiger partial charge is 0.456 e. The number of rotatable bonds is 3. The summed E-state index contributed by atoms with van der Waals surface area (Å²) >= 11 is 0. The molecule has 0 spiro atoms. The lowest BCUT2D eigenvalue weighted by Gasteiger charge is -2.06. The molecule has 0 saturated heterocycles. The van der Waals surface area contributed by atoms with E-state index in [1.54, 1.807) is 12.1 Å².